The van der Waals surface area contributed by atoms with Gasteiger partial charge in [-0.05, 0) is 35.9 Å². The summed E-state index contributed by atoms with van der Waals surface area (Å²) in [6.45, 7) is 0. The van der Waals surface area contributed by atoms with Crippen molar-refractivity contribution >= 4 is 44.2 Å². The fourth-order valence-corrected chi connectivity index (χ4v) is 4.33. The van der Waals surface area contributed by atoms with E-state index in [1.165, 1.54) is 0 Å². The molecule has 0 aliphatic carbocycles. The molecule has 0 saturated carbocycles. The maximum absolute atomic E-state index is 12.4. The van der Waals surface area contributed by atoms with Gasteiger partial charge in [-0.15, -0.1) is 0 Å². The van der Waals surface area contributed by atoms with Crippen LogP contribution in [0.2, 0.25) is 5.02 Å². The van der Waals surface area contributed by atoms with Crippen molar-refractivity contribution < 1.29 is 8.42 Å². The van der Waals surface area contributed by atoms with Gasteiger partial charge < -0.3 is 5.73 Å². The van der Waals surface area contributed by atoms with Gasteiger partial charge in [-0.3, -0.25) is 9.82 Å². The largest absolute Gasteiger partial charge is 0.380 e. The number of halogens is 1. The second-order valence-electron chi connectivity index (χ2n) is 6.24. The number of nitrogen functional groups attached to an aromatic ring is 1. The minimum absolute atomic E-state index is 0.120. The average Bonchev–Trinajstić information content (AvgIpc) is 3.02. The van der Waals surface area contributed by atoms with Gasteiger partial charge in [0.15, 0.2) is 5.82 Å². The third-order valence-electron chi connectivity index (χ3n) is 4.15. The van der Waals surface area contributed by atoms with E-state index in [0.29, 0.717) is 38.9 Å². The molecular weight excluding hydrogens is 398 g/mol. The highest BCUT2D eigenvalue weighted by Gasteiger charge is 2.14. The molecule has 7 nitrogen and oxygen atoms in total. The lowest BCUT2D eigenvalue weighted by Crippen LogP contribution is -2.15. The first kappa shape index (κ1) is 18.3. The average molecular weight is 414 g/mol. The Balaban J connectivity index is 1.59. The third-order valence-corrected chi connectivity index (χ3v) is 5.73. The van der Waals surface area contributed by atoms with Crippen LogP contribution in [0, 0.1) is 0 Å². The number of aromatic nitrogens is 3. The van der Waals surface area contributed by atoms with E-state index >= 15 is 0 Å². The predicted molar refractivity (Wildman–Crippen MR) is 111 cm³/mol. The molecule has 0 spiro atoms. The number of anilines is 2. The fraction of sp³-hybridized carbons (Fsp3) is 0.0526. The molecule has 2 aromatic heterocycles. The molecule has 0 aliphatic heterocycles. The van der Waals surface area contributed by atoms with Crippen LogP contribution in [0.15, 0.2) is 60.7 Å². The van der Waals surface area contributed by atoms with Crippen molar-refractivity contribution in [2.45, 2.75) is 5.75 Å². The Hall–Kier alpha value is -3.10. The molecule has 4 rings (SSSR count). The van der Waals surface area contributed by atoms with E-state index in [2.05, 4.69) is 19.9 Å². The van der Waals surface area contributed by atoms with Gasteiger partial charge in [0.05, 0.1) is 27.7 Å². The van der Waals surface area contributed by atoms with Crippen molar-refractivity contribution in [3.8, 4) is 11.3 Å². The topological polar surface area (TPSA) is 114 Å². The van der Waals surface area contributed by atoms with Crippen LogP contribution in [-0.2, 0) is 15.8 Å². The number of hydrogen-bond donors (Lipinski definition) is 3. The number of nitrogens with one attached hydrogen (secondary N) is 2. The smallest absolute Gasteiger partial charge is 0.236 e. The summed E-state index contributed by atoms with van der Waals surface area (Å²) in [5.74, 6) is 0.184. The van der Waals surface area contributed by atoms with Crippen LogP contribution in [0.1, 0.15) is 5.56 Å². The maximum atomic E-state index is 12.4. The van der Waals surface area contributed by atoms with Crippen LogP contribution >= 0.6 is 11.6 Å². The van der Waals surface area contributed by atoms with E-state index in [9.17, 15) is 8.42 Å². The zero-order valence-electron chi connectivity index (χ0n) is 14.6. The molecule has 0 aliphatic rings. The molecule has 0 saturated heterocycles. The molecule has 4 aromatic rings. The Labute approximate surface area is 166 Å². The van der Waals surface area contributed by atoms with Crippen LogP contribution in [0.5, 0.6) is 0 Å². The summed E-state index contributed by atoms with van der Waals surface area (Å²) in [7, 11) is -3.56. The monoisotopic (exact) mass is 413 g/mol. The van der Waals surface area contributed by atoms with E-state index in [1.54, 1.807) is 48.5 Å². The molecule has 2 aromatic carbocycles. The highest BCUT2D eigenvalue weighted by molar-refractivity contribution is 7.91. The normalized spacial score (nSPS) is 11.6. The highest BCUT2D eigenvalue weighted by atomic mass is 35.5. The number of nitrogens with zero attached hydrogens (tertiary/aromatic N) is 2. The van der Waals surface area contributed by atoms with E-state index in [0.717, 1.165) is 5.52 Å². The van der Waals surface area contributed by atoms with E-state index < -0.39 is 10.0 Å². The number of benzene rings is 2. The zero-order valence-corrected chi connectivity index (χ0v) is 16.1. The van der Waals surface area contributed by atoms with Crippen molar-refractivity contribution in [2.24, 2.45) is 0 Å². The molecule has 28 heavy (non-hydrogen) atoms. The molecule has 0 unspecified atom stereocenters. The van der Waals surface area contributed by atoms with Gasteiger partial charge in [-0.25, -0.2) is 13.4 Å². The lowest BCUT2D eigenvalue weighted by Gasteiger charge is -2.10. The van der Waals surface area contributed by atoms with Gasteiger partial charge >= 0.3 is 0 Å². The Morgan fingerprint density at radius 3 is 2.61 bits per heavy atom. The highest BCUT2D eigenvalue weighted by Crippen LogP contribution is 2.31. The SMILES string of the molecule is Nc1n[nH]c2ccc(-c3ccc(NS(=O)(=O)Cc4ccccc4)cc3Cl)nc12. The Kier molecular flexibility index (Phi) is 4.66. The van der Waals surface area contributed by atoms with Gasteiger partial charge in [-0.1, -0.05) is 41.9 Å². The van der Waals surface area contributed by atoms with Crippen molar-refractivity contribution in [3.63, 3.8) is 0 Å². The van der Waals surface area contributed by atoms with E-state index in [4.69, 9.17) is 17.3 Å². The van der Waals surface area contributed by atoms with Crippen molar-refractivity contribution in [2.75, 3.05) is 10.5 Å². The summed E-state index contributed by atoms with van der Waals surface area (Å²) in [6.07, 6.45) is 0. The first-order chi connectivity index (χ1) is 13.4. The van der Waals surface area contributed by atoms with Crippen LogP contribution in [-0.4, -0.2) is 23.6 Å². The molecule has 2 heterocycles. The molecule has 9 heteroatoms. The van der Waals surface area contributed by atoms with Crippen LogP contribution < -0.4 is 10.5 Å². The number of nitrogens with two attached hydrogens (primary N) is 1. The summed E-state index contributed by atoms with van der Waals surface area (Å²) < 4.78 is 27.4. The molecule has 0 atom stereocenters. The molecule has 142 valence electrons. The fourth-order valence-electron chi connectivity index (χ4n) is 2.86. The summed E-state index contributed by atoms with van der Waals surface area (Å²) in [4.78, 5) is 4.48. The molecule has 0 radical (unpaired) electrons. The first-order valence-corrected chi connectivity index (χ1v) is 10.4. The Morgan fingerprint density at radius 2 is 1.86 bits per heavy atom. The van der Waals surface area contributed by atoms with Crippen molar-refractivity contribution in [3.05, 3.63) is 71.2 Å². The minimum Gasteiger partial charge on any atom is -0.380 e. The minimum atomic E-state index is -3.56. The van der Waals surface area contributed by atoms with Crippen molar-refractivity contribution in [1.29, 1.82) is 0 Å². The first-order valence-electron chi connectivity index (χ1n) is 8.36. The number of rotatable bonds is 5. The molecular formula is C19H16ClN5O2S. The molecule has 0 fully saturated rings. The maximum Gasteiger partial charge on any atom is 0.236 e. The Morgan fingerprint density at radius 1 is 1.07 bits per heavy atom. The van der Waals surface area contributed by atoms with E-state index in [1.807, 2.05) is 12.1 Å². The number of aromatic amines is 1. The summed E-state index contributed by atoms with van der Waals surface area (Å²) in [5, 5.41) is 7.08. The second-order valence-corrected chi connectivity index (χ2v) is 8.37. The number of hydrogen-bond acceptors (Lipinski definition) is 5. The molecule has 0 amide bonds. The third kappa shape index (κ3) is 3.78. The van der Waals surface area contributed by atoms with Crippen LogP contribution in [0.25, 0.3) is 22.3 Å². The van der Waals surface area contributed by atoms with Crippen molar-refractivity contribution in [1.82, 2.24) is 15.2 Å². The molecule has 0 bridgehead atoms. The molecule has 4 N–H and O–H groups in total. The number of fused-ring (bicyclic) bond motifs is 1. The van der Waals surface area contributed by atoms with Gasteiger partial charge in [0, 0.05) is 5.56 Å². The van der Waals surface area contributed by atoms with Crippen LogP contribution in [0.3, 0.4) is 0 Å². The number of H-pyrrole nitrogens is 1. The lowest BCUT2D eigenvalue weighted by molar-refractivity contribution is 0.600. The van der Waals surface area contributed by atoms with E-state index in [-0.39, 0.29) is 5.75 Å². The van der Waals surface area contributed by atoms with Crippen LogP contribution in [0.4, 0.5) is 11.5 Å². The van der Waals surface area contributed by atoms with Gasteiger partial charge in [0.1, 0.15) is 5.52 Å². The van der Waals surface area contributed by atoms with Gasteiger partial charge in [0.25, 0.3) is 0 Å². The Bertz CT molecular complexity index is 1260. The quantitative estimate of drug-likeness (QED) is 0.460. The lowest BCUT2D eigenvalue weighted by atomic mass is 10.1. The standard InChI is InChI=1S/C19H16ClN5O2S/c20-15-10-13(25-28(26,27)11-12-4-2-1-3-5-12)6-7-14(15)16-8-9-17-18(22-16)19(21)24-23-17/h1-10,25H,11H2,(H3,21,23,24). The summed E-state index contributed by atoms with van der Waals surface area (Å²) in [6, 6.07) is 17.5. The van der Waals surface area contributed by atoms with Gasteiger partial charge in [0.2, 0.25) is 10.0 Å². The predicted octanol–water partition coefficient (Wildman–Crippen LogP) is 3.80. The number of pyridine rings is 1. The summed E-state index contributed by atoms with van der Waals surface area (Å²) >= 11 is 6.39. The van der Waals surface area contributed by atoms with Gasteiger partial charge in [-0.2, -0.15) is 5.10 Å². The summed E-state index contributed by atoms with van der Waals surface area (Å²) in [5.41, 5.74) is 9.45. The second kappa shape index (κ2) is 7.14. The zero-order chi connectivity index (χ0) is 19.7. The number of sulfonamides is 1.